The molecule has 17 heavy (non-hydrogen) atoms. The highest BCUT2D eigenvalue weighted by molar-refractivity contribution is 14.1. The Labute approximate surface area is 113 Å². The number of benzene rings is 1. The normalized spacial score (nSPS) is 19.3. The van der Waals surface area contributed by atoms with Crippen LogP contribution in [0.25, 0.3) is 0 Å². The molecule has 1 aromatic carbocycles. The Morgan fingerprint density at radius 3 is 3.06 bits per heavy atom. The van der Waals surface area contributed by atoms with Gasteiger partial charge in [-0.05, 0) is 47.2 Å². The van der Waals surface area contributed by atoms with E-state index in [2.05, 4.69) is 5.32 Å². The fourth-order valence-electron chi connectivity index (χ4n) is 1.72. The lowest BCUT2D eigenvalue weighted by atomic mass is 10.1. The van der Waals surface area contributed by atoms with Crippen LogP contribution in [0, 0.1) is 15.3 Å². The van der Waals surface area contributed by atoms with Gasteiger partial charge in [0.25, 0.3) is 5.91 Å². The fraction of sp³-hybridized carbons (Fsp3) is 0.417. The molecule has 92 valence electrons. The predicted molar refractivity (Wildman–Crippen MR) is 70.4 cm³/mol. The number of halogens is 2. The summed E-state index contributed by atoms with van der Waals surface area (Å²) in [5.74, 6) is -0.206. The van der Waals surface area contributed by atoms with Crippen molar-refractivity contribution >= 4 is 28.5 Å². The number of rotatable bonds is 3. The number of ether oxygens (including phenoxy) is 1. The van der Waals surface area contributed by atoms with Gasteiger partial charge in [0.05, 0.1) is 6.61 Å². The molecule has 1 saturated heterocycles. The average molecular weight is 349 g/mol. The SMILES string of the molecule is O=C(NC[C@H]1CCOC1)c1ccc(I)c(F)c1. The van der Waals surface area contributed by atoms with Crippen molar-refractivity contribution in [2.75, 3.05) is 19.8 Å². The molecule has 1 aliphatic rings. The van der Waals surface area contributed by atoms with E-state index in [-0.39, 0.29) is 11.7 Å². The summed E-state index contributed by atoms with van der Waals surface area (Å²) < 4.78 is 19.0. The van der Waals surface area contributed by atoms with Crippen LogP contribution < -0.4 is 5.32 Å². The maximum atomic E-state index is 13.3. The van der Waals surface area contributed by atoms with Gasteiger partial charge in [-0.25, -0.2) is 4.39 Å². The van der Waals surface area contributed by atoms with Gasteiger partial charge in [0, 0.05) is 28.2 Å². The molecule has 1 atom stereocenters. The first-order chi connectivity index (χ1) is 8.16. The molecule has 0 aromatic heterocycles. The smallest absolute Gasteiger partial charge is 0.251 e. The van der Waals surface area contributed by atoms with E-state index in [1.54, 1.807) is 12.1 Å². The van der Waals surface area contributed by atoms with E-state index < -0.39 is 0 Å². The monoisotopic (exact) mass is 349 g/mol. The van der Waals surface area contributed by atoms with Crippen molar-refractivity contribution in [3.63, 3.8) is 0 Å². The number of amides is 1. The van der Waals surface area contributed by atoms with Crippen LogP contribution in [0.2, 0.25) is 0 Å². The first kappa shape index (κ1) is 12.8. The Morgan fingerprint density at radius 2 is 2.41 bits per heavy atom. The van der Waals surface area contributed by atoms with E-state index in [1.165, 1.54) is 6.07 Å². The lowest BCUT2D eigenvalue weighted by Gasteiger charge is -2.09. The van der Waals surface area contributed by atoms with Gasteiger partial charge < -0.3 is 10.1 Å². The van der Waals surface area contributed by atoms with Crippen molar-refractivity contribution in [2.24, 2.45) is 5.92 Å². The third-order valence-electron chi connectivity index (χ3n) is 2.76. The van der Waals surface area contributed by atoms with E-state index in [0.29, 0.717) is 28.2 Å². The van der Waals surface area contributed by atoms with Crippen LogP contribution in [0.4, 0.5) is 4.39 Å². The molecule has 0 saturated carbocycles. The number of carbonyl (C=O) groups excluding carboxylic acids is 1. The summed E-state index contributed by atoms with van der Waals surface area (Å²) in [7, 11) is 0. The van der Waals surface area contributed by atoms with Crippen molar-refractivity contribution < 1.29 is 13.9 Å². The highest BCUT2D eigenvalue weighted by Gasteiger charge is 2.17. The quantitative estimate of drug-likeness (QED) is 0.850. The molecule has 1 heterocycles. The molecule has 2 rings (SSSR count). The molecule has 1 amide bonds. The van der Waals surface area contributed by atoms with Gasteiger partial charge in [0.15, 0.2) is 0 Å². The summed E-state index contributed by atoms with van der Waals surface area (Å²) in [6.45, 7) is 2.05. The summed E-state index contributed by atoms with van der Waals surface area (Å²) in [4.78, 5) is 11.7. The third-order valence-corrected chi connectivity index (χ3v) is 3.63. The zero-order chi connectivity index (χ0) is 12.3. The first-order valence-corrected chi connectivity index (χ1v) is 6.55. The van der Waals surface area contributed by atoms with Crippen LogP contribution in [0.5, 0.6) is 0 Å². The van der Waals surface area contributed by atoms with Crippen LogP contribution >= 0.6 is 22.6 Å². The molecule has 1 aromatic rings. The lowest BCUT2D eigenvalue weighted by molar-refractivity contribution is 0.0944. The van der Waals surface area contributed by atoms with E-state index >= 15 is 0 Å². The third kappa shape index (κ3) is 3.38. The average Bonchev–Trinajstić information content (AvgIpc) is 2.82. The minimum Gasteiger partial charge on any atom is -0.381 e. The summed E-state index contributed by atoms with van der Waals surface area (Å²) in [6.07, 6.45) is 0.974. The van der Waals surface area contributed by atoms with Crippen LogP contribution in [0.3, 0.4) is 0 Å². The summed E-state index contributed by atoms with van der Waals surface area (Å²) >= 11 is 1.89. The van der Waals surface area contributed by atoms with E-state index in [4.69, 9.17) is 4.74 Å². The van der Waals surface area contributed by atoms with Gasteiger partial charge in [-0.2, -0.15) is 0 Å². The summed E-state index contributed by atoms with van der Waals surface area (Å²) in [5, 5.41) is 2.80. The van der Waals surface area contributed by atoms with Gasteiger partial charge in [0.1, 0.15) is 5.82 Å². The maximum Gasteiger partial charge on any atom is 0.251 e. The molecule has 0 bridgehead atoms. The summed E-state index contributed by atoms with van der Waals surface area (Å²) in [6, 6.07) is 4.50. The minimum atomic E-state index is -0.359. The molecule has 0 radical (unpaired) electrons. The second-order valence-corrected chi connectivity index (χ2v) is 5.23. The minimum absolute atomic E-state index is 0.229. The number of nitrogens with one attached hydrogen (secondary N) is 1. The molecule has 0 unspecified atom stereocenters. The van der Waals surface area contributed by atoms with E-state index in [0.717, 1.165) is 13.0 Å². The Morgan fingerprint density at radius 1 is 1.59 bits per heavy atom. The van der Waals surface area contributed by atoms with Crippen molar-refractivity contribution in [1.29, 1.82) is 0 Å². The van der Waals surface area contributed by atoms with Crippen molar-refractivity contribution in [3.8, 4) is 0 Å². The zero-order valence-electron chi connectivity index (χ0n) is 9.21. The number of hydrogen-bond donors (Lipinski definition) is 1. The molecular formula is C12H13FINO2. The van der Waals surface area contributed by atoms with Crippen molar-refractivity contribution in [3.05, 3.63) is 33.1 Å². The Kier molecular flexibility index (Phi) is 4.33. The van der Waals surface area contributed by atoms with Gasteiger partial charge in [-0.15, -0.1) is 0 Å². The molecule has 3 nitrogen and oxygen atoms in total. The van der Waals surface area contributed by atoms with Crippen LogP contribution in [-0.4, -0.2) is 25.7 Å². The highest BCUT2D eigenvalue weighted by atomic mass is 127. The molecule has 1 aliphatic heterocycles. The fourth-order valence-corrected chi connectivity index (χ4v) is 2.06. The highest BCUT2D eigenvalue weighted by Crippen LogP contribution is 2.13. The molecule has 0 aliphatic carbocycles. The molecule has 1 fully saturated rings. The van der Waals surface area contributed by atoms with Gasteiger partial charge in [-0.3, -0.25) is 4.79 Å². The Bertz CT molecular complexity index is 419. The van der Waals surface area contributed by atoms with E-state index in [9.17, 15) is 9.18 Å². The van der Waals surface area contributed by atoms with Crippen molar-refractivity contribution in [1.82, 2.24) is 5.32 Å². The number of carbonyl (C=O) groups is 1. The Balaban J connectivity index is 1.92. The largest absolute Gasteiger partial charge is 0.381 e. The molecular weight excluding hydrogens is 336 g/mol. The van der Waals surface area contributed by atoms with Gasteiger partial charge in [0.2, 0.25) is 0 Å². The second kappa shape index (κ2) is 5.77. The van der Waals surface area contributed by atoms with Crippen molar-refractivity contribution in [2.45, 2.75) is 6.42 Å². The lowest BCUT2D eigenvalue weighted by Crippen LogP contribution is -2.29. The van der Waals surface area contributed by atoms with Gasteiger partial charge >= 0.3 is 0 Å². The second-order valence-electron chi connectivity index (χ2n) is 4.07. The van der Waals surface area contributed by atoms with Crippen LogP contribution in [-0.2, 0) is 4.74 Å². The van der Waals surface area contributed by atoms with Crippen LogP contribution in [0.15, 0.2) is 18.2 Å². The molecule has 1 N–H and O–H groups in total. The van der Waals surface area contributed by atoms with E-state index in [1.807, 2.05) is 22.6 Å². The molecule has 5 heteroatoms. The summed E-state index contributed by atoms with van der Waals surface area (Å²) in [5.41, 5.74) is 0.363. The van der Waals surface area contributed by atoms with Crippen LogP contribution in [0.1, 0.15) is 16.8 Å². The standard InChI is InChI=1S/C12H13FINO2/c13-10-5-9(1-2-11(10)14)12(16)15-6-8-3-4-17-7-8/h1-2,5,8H,3-4,6-7H2,(H,15,16)/t8-/m1/s1. The molecule has 0 spiro atoms. The zero-order valence-corrected chi connectivity index (χ0v) is 11.4. The first-order valence-electron chi connectivity index (χ1n) is 5.48. The van der Waals surface area contributed by atoms with Gasteiger partial charge in [-0.1, -0.05) is 0 Å². The number of hydrogen-bond acceptors (Lipinski definition) is 2. The maximum absolute atomic E-state index is 13.3. The topological polar surface area (TPSA) is 38.3 Å². The predicted octanol–water partition coefficient (Wildman–Crippen LogP) is 2.20. The Hall–Kier alpha value is -0.690.